The second-order valence-corrected chi connectivity index (χ2v) is 4.85. The molecule has 0 aliphatic rings. The lowest BCUT2D eigenvalue weighted by atomic mass is 10.1. The summed E-state index contributed by atoms with van der Waals surface area (Å²) in [5.41, 5.74) is 1.89. The first-order valence-corrected chi connectivity index (χ1v) is 6.40. The van der Waals surface area contributed by atoms with E-state index in [1.165, 1.54) is 16.6 Å². The minimum absolute atomic E-state index is 0.135. The number of carbonyl (C=O) groups is 1. The maximum absolute atomic E-state index is 13.0. The van der Waals surface area contributed by atoms with Crippen LogP contribution in [0, 0.1) is 12.7 Å². The van der Waals surface area contributed by atoms with Crippen LogP contribution in [-0.2, 0) is 0 Å². The third kappa shape index (κ3) is 2.23. The first kappa shape index (κ1) is 13.5. The largest absolute Gasteiger partial charge is 0.477 e. The van der Waals surface area contributed by atoms with Crippen LogP contribution in [-0.4, -0.2) is 25.7 Å². The molecule has 1 aromatic carbocycles. The summed E-state index contributed by atoms with van der Waals surface area (Å²) in [6, 6.07) is 7.54. The Morgan fingerprint density at radius 1 is 1.33 bits per heavy atom. The Kier molecular flexibility index (Phi) is 3.10. The molecule has 0 spiro atoms. The van der Waals surface area contributed by atoms with E-state index in [1.807, 2.05) is 0 Å². The van der Waals surface area contributed by atoms with Crippen molar-refractivity contribution in [2.75, 3.05) is 0 Å². The number of aromatic nitrogens is 3. The predicted octanol–water partition coefficient (Wildman–Crippen LogP) is 3.20. The van der Waals surface area contributed by atoms with Gasteiger partial charge in [0.25, 0.3) is 0 Å². The van der Waals surface area contributed by atoms with Crippen molar-refractivity contribution in [1.82, 2.24) is 14.6 Å². The van der Waals surface area contributed by atoms with Gasteiger partial charge in [-0.05, 0) is 37.3 Å². The standard InChI is InChI=1S/C14H9ClFN3O2/c1-7-6-10(8-2-4-9(16)5-3-8)19-13(17-7)11(14(20)21)12(15)18-19/h2-6H,1H3,(H,20,21). The lowest BCUT2D eigenvalue weighted by molar-refractivity contribution is 0.0699. The molecular formula is C14H9ClFN3O2. The Labute approximate surface area is 123 Å². The molecule has 21 heavy (non-hydrogen) atoms. The van der Waals surface area contributed by atoms with Gasteiger partial charge in [-0.25, -0.2) is 18.7 Å². The van der Waals surface area contributed by atoms with Gasteiger partial charge in [-0.2, -0.15) is 5.10 Å². The average Bonchev–Trinajstić information content (AvgIpc) is 2.74. The molecule has 0 saturated carbocycles. The molecule has 0 radical (unpaired) electrons. The highest BCUT2D eigenvalue weighted by Crippen LogP contribution is 2.26. The average molecular weight is 306 g/mol. The molecule has 1 N–H and O–H groups in total. The molecule has 2 heterocycles. The zero-order valence-electron chi connectivity index (χ0n) is 10.8. The quantitative estimate of drug-likeness (QED) is 0.789. The SMILES string of the molecule is Cc1cc(-c2ccc(F)cc2)n2nc(Cl)c(C(=O)O)c2n1. The van der Waals surface area contributed by atoms with Crippen LogP contribution >= 0.6 is 11.6 Å². The number of carboxylic acids is 1. The molecule has 0 bridgehead atoms. The summed E-state index contributed by atoms with van der Waals surface area (Å²) in [7, 11) is 0. The Bertz CT molecular complexity index is 859. The van der Waals surface area contributed by atoms with Gasteiger partial charge in [0, 0.05) is 11.3 Å². The lowest BCUT2D eigenvalue weighted by Gasteiger charge is -2.06. The molecule has 0 fully saturated rings. The Balaban J connectivity index is 2.36. The smallest absolute Gasteiger partial charge is 0.342 e. The molecular weight excluding hydrogens is 297 g/mol. The van der Waals surface area contributed by atoms with Gasteiger partial charge in [0.1, 0.15) is 11.4 Å². The monoisotopic (exact) mass is 305 g/mol. The third-order valence-electron chi connectivity index (χ3n) is 3.03. The van der Waals surface area contributed by atoms with Gasteiger partial charge in [-0.15, -0.1) is 0 Å². The summed E-state index contributed by atoms with van der Waals surface area (Å²) >= 11 is 5.89. The maximum Gasteiger partial charge on any atom is 0.342 e. The summed E-state index contributed by atoms with van der Waals surface area (Å²) in [6.45, 7) is 1.74. The van der Waals surface area contributed by atoms with E-state index < -0.39 is 5.97 Å². The second-order valence-electron chi connectivity index (χ2n) is 4.50. The van der Waals surface area contributed by atoms with E-state index in [2.05, 4.69) is 10.1 Å². The minimum atomic E-state index is -1.20. The van der Waals surface area contributed by atoms with E-state index in [0.29, 0.717) is 17.0 Å². The Morgan fingerprint density at radius 2 is 2.00 bits per heavy atom. The molecule has 5 nitrogen and oxygen atoms in total. The highest BCUT2D eigenvalue weighted by Gasteiger charge is 2.21. The van der Waals surface area contributed by atoms with Crippen LogP contribution in [0.5, 0.6) is 0 Å². The topological polar surface area (TPSA) is 67.5 Å². The van der Waals surface area contributed by atoms with Crippen LogP contribution in [0.25, 0.3) is 16.9 Å². The van der Waals surface area contributed by atoms with Crippen LogP contribution in [0.2, 0.25) is 5.15 Å². The fourth-order valence-corrected chi connectivity index (χ4v) is 2.36. The first-order valence-electron chi connectivity index (χ1n) is 6.02. The maximum atomic E-state index is 13.0. The van der Waals surface area contributed by atoms with Gasteiger partial charge in [-0.1, -0.05) is 11.6 Å². The summed E-state index contributed by atoms with van der Waals surface area (Å²) in [4.78, 5) is 15.5. The van der Waals surface area contributed by atoms with Crippen molar-refractivity contribution in [3.05, 3.63) is 52.6 Å². The van der Waals surface area contributed by atoms with E-state index in [4.69, 9.17) is 11.6 Å². The number of fused-ring (bicyclic) bond motifs is 1. The van der Waals surface area contributed by atoms with Crippen molar-refractivity contribution < 1.29 is 14.3 Å². The number of nitrogens with zero attached hydrogens (tertiary/aromatic N) is 3. The fraction of sp³-hybridized carbons (Fsp3) is 0.0714. The van der Waals surface area contributed by atoms with Crippen molar-refractivity contribution in [2.24, 2.45) is 0 Å². The number of hydrogen-bond acceptors (Lipinski definition) is 3. The predicted molar refractivity (Wildman–Crippen MR) is 75.1 cm³/mol. The summed E-state index contributed by atoms with van der Waals surface area (Å²) < 4.78 is 14.4. The van der Waals surface area contributed by atoms with E-state index in [-0.39, 0.29) is 22.2 Å². The number of carboxylic acid groups (broad SMARTS) is 1. The zero-order chi connectivity index (χ0) is 15.1. The van der Waals surface area contributed by atoms with Crippen molar-refractivity contribution in [1.29, 1.82) is 0 Å². The van der Waals surface area contributed by atoms with Crippen LogP contribution in [0.3, 0.4) is 0 Å². The Hall–Kier alpha value is -2.47. The van der Waals surface area contributed by atoms with Gasteiger partial charge in [0.15, 0.2) is 10.8 Å². The molecule has 0 saturated heterocycles. The number of rotatable bonds is 2. The first-order chi connectivity index (χ1) is 9.97. The number of hydrogen-bond donors (Lipinski definition) is 1. The van der Waals surface area contributed by atoms with Crippen molar-refractivity contribution in [3.8, 4) is 11.3 Å². The van der Waals surface area contributed by atoms with Crippen molar-refractivity contribution in [3.63, 3.8) is 0 Å². The molecule has 0 unspecified atom stereocenters. The summed E-state index contributed by atoms with van der Waals surface area (Å²) in [5.74, 6) is -1.55. The number of aromatic carboxylic acids is 1. The lowest BCUT2D eigenvalue weighted by Crippen LogP contribution is -2.01. The van der Waals surface area contributed by atoms with Crippen molar-refractivity contribution in [2.45, 2.75) is 6.92 Å². The molecule has 7 heteroatoms. The normalized spacial score (nSPS) is 11.0. The van der Waals surface area contributed by atoms with E-state index in [0.717, 1.165) is 0 Å². The van der Waals surface area contributed by atoms with Gasteiger partial charge < -0.3 is 5.11 Å². The highest BCUT2D eigenvalue weighted by atomic mass is 35.5. The van der Waals surface area contributed by atoms with Gasteiger partial charge in [0.05, 0.1) is 5.69 Å². The van der Waals surface area contributed by atoms with Crippen molar-refractivity contribution >= 4 is 23.2 Å². The van der Waals surface area contributed by atoms with Gasteiger partial charge >= 0.3 is 5.97 Å². The van der Waals surface area contributed by atoms with Crippen LogP contribution in [0.1, 0.15) is 16.1 Å². The number of halogens is 2. The highest BCUT2D eigenvalue weighted by molar-refractivity contribution is 6.33. The summed E-state index contributed by atoms with van der Waals surface area (Å²) in [5, 5.41) is 13.1. The molecule has 0 amide bonds. The second kappa shape index (κ2) is 4.82. The van der Waals surface area contributed by atoms with Gasteiger partial charge in [0.2, 0.25) is 0 Å². The summed E-state index contributed by atoms with van der Waals surface area (Å²) in [6.07, 6.45) is 0. The fourth-order valence-electron chi connectivity index (χ4n) is 2.12. The van der Waals surface area contributed by atoms with E-state index in [9.17, 15) is 14.3 Å². The molecule has 0 atom stereocenters. The molecule has 3 rings (SSSR count). The van der Waals surface area contributed by atoms with E-state index in [1.54, 1.807) is 25.1 Å². The number of aryl methyl sites for hydroxylation is 1. The number of benzene rings is 1. The molecule has 2 aromatic heterocycles. The molecule has 0 aliphatic carbocycles. The molecule has 3 aromatic rings. The van der Waals surface area contributed by atoms with Gasteiger partial charge in [-0.3, -0.25) is 0 Å². The zero-order valence-corrected chi connectivity index (χ0v) is 11.6. The minimum Gasteiger partial charge on any atom is -0.477 e. The van der Waals surface area contributed by atoms with Crippen LogP contribution in [0.4, 0.5) is 4.39 Å². The van der Waals surface area contributed by atoms with Crippen LogP contribution in [0.15, 0.2) is 30.3 Å². The van der Waals surface area contributed by atoms with E-state index >= 15 is 0 Å². The molecule has 0 aliphatic heterocycles. The third-order valence-corrected chi connectivity index (χ3v) is 3.29. The molecule has 106 valence electrons. The Morgan fingerprint density at radius 3 is 2.62 bits per heavy atom. The van der Waals surface area contributed by atoms with Crippen LogP contribution < -0.4 is 0 Å².